The van der Waals surface area contributed by atoms with Crippen LogP contribution < -0.4 is 10.6 Å². The fourth-order valence-electron chi connectivity index (χ4n) is 2.85. The molecule has 2 rings (SSSR count). The summed E-state index contributed by atoms with van der Waals surface area (Å²) in [6, 6.07) is 13.7. The zero-order chi connectivity index (χ0) is 19.8. The maximum atomic E-state index is 12.7. The van der Waals surface area contributed by atoms with Crippen molar-refractivity contribution in [2.24, 2.45) is 0 Å². The average Bonchev–Trinajstić information content (AvgIpc) is 2.59. The van der Waals surface area contributed by atoms with Crippen LogP contribution in [0.2, 0.25) is 0 Å². The van der Waals surface area contributed by atoms with Crippen LogP contribution in [-0.4, -0.2) is 17.1 Å². The van der Waals surface area contributed by atoms with Gasteiger partial charge in [-0.05, 0) is 68.1 Å². The number of aryl methyl sites for hydroxylation is 2. The zero-order valence-electron chi connectivity index (χ0n) is 16.5. The van der Waals surface area contributed by atoms with Gasteiger partial charge in [0.25, 0.3) is 0 Å². The fourth-order valence-corrected chi connectivity index (χ4v) is 3.87. The average molecular weight is 385 g/mol. The summed E-state index contributed by atoms with van der Waals surface area (Å²) in [5.74, 6) is 0.00664. The van der Waals surface area contributed by atoms with Crippen LogP contribution in [0.1, 0.15) is 44.2 Å². The summed E-state index contributed by atoms with van der Waals surface area (Å²) in [7, 11) is 0. The van der Waals surface area contributed by atoms with E-state index < -0.39 is 0 Å². The molecule has 0 bridgehead atoms. The number of nitrogens with one attached hydrogen (secondary N) is 2. The van der Waals surface area contributed by atoms with Gasteiger partial charge < -0.3 is 10.6 Å². The maximum Gasteiger partial charge on any atom is 0.237 e. The molecule has 0 aliphatic carbocycles. The number of amides is 2. The van der Waals surface area contributed by atoms with Gasteiger partial charge in [-0.3, -0.25) is 9.59 Å². The van der Waals surface area contributed by atoms with Crippen molar-refractivity contribution < 1.29 is 9.59 Å². The first kappa shape index (κ1) is 21.0. The molecule has 1 unspecified atom stereocenters. The van der Waals surface area contributed by atoms with Crippen molar-refractivity contribution in [1.82, 2.24) is 0 Å². The lowest BCUT2D eigenvalue weighted by molar-refractivity contribution is -0.116. The molecule has 4 nitrogen and oxygen atoms in total. The Morgan fingerprint density at radius 3 is 2.30 bits per heavy atom. The predicted octanol–water partition coefficient (Wildman–Crippen LogP) is 5.55. The molecule has 2 N–H and O–H groups in total. The third-order valence-electron chi connectivity index (χ3n) is 4.03. The summed E-state index contributed by atoms with van der Waals surface area (Å²) < 4.78 is 0. The molecule has 0 heterocycles. The summed E-state index contributed by atoms with van der Waals surface area (Å²) in [4.78, 5) is 25.5. The Kier molecular flexibility index (Phi) is 7.92. The zero-order valence-corrected chi connectivity index (χ0v) is 17.3. The Hall–Kier alpha value is -2.27. The van der Waals surface area contributed by atoms with Crippen molar-refractivity contribution >= 4 is 35.0 Å². The number of carbonyl (C=O) groups is 2. The van der Waals surface area contributed by atoms with E-state index in [1.807, 2.05) is 64.1 Å². The van der Waals surface area contributed by atoms with Crippen LogP contribution in [0.3, 0.4) is 0 Å². The van der Waals surface area contributed by atoms with Crippen LogP contribution in [0.4, 0.5) is 11.4 Å². The van der Waals surface area contributed by atoms with Crippen LogP contribution in [0.25, 0.3) is 0 Å². The monoisotopic (exact) mass is 384 g/mol. The molecule has 0 aromatic heterocycles. The van der Waals surface area contributed by atoms with Gasteiger partial charge in [0, 0.05) is 22.7 Å². The Bertz CT molecular complexity index is 784. The van der Waals surface area contributed by atoms with E-state index >= 15 is 0 Å². The Morgan fingerprint density at radius 1 is 0.963 bits per heavy atom. The second-order valence-corrected chi connectivity index (χ2v) is 7.98. The lowest BCUT2D eigenvalue weighted by Gasteiger charge is -2.16. The molecule has 2 aromatic rings. The highest BCUT2D eigenvalue weighted by molar-refractivity contribution is 8.00. The molecule has 144 valence electrons. The van der Waals surface area contributed by atoms with Crippen molar-refractivity contribution in [2.75, 3.05) is 10.6 Å². The molecule has 27 heavy (non-hydrogen) atoms. The third-order valence-corrected chi connectivity index (χ3v) is 5.38. The summed E-state index contributed by atoms with van der Waals surface area (Å²) in [5.41, 5.74) is 3.85. The first-order valence-corrected chi connectivity index (χ1v) is 10.2. The first-order chi connectivity index (χ1) is 12.9. The van der Waals surface area contributed by atoms with E-state index in [2.05, 4.69) is 16.7 Å². The van der Waals surface area contributed by atoms with E-state index in [0.717, 1.165) is 33.8 Å². The highest BCUT2D eigenvalue weighted by Crippen LogP contribution is 2.29. The second-order valence-electron chi connectivity index (χ2n) is 6.71. The topological polar surface area (TPSA) is 58.2 Å². The largest absolute Gasteiger partial charge is 0.326 e. The minimum absolute atomic E-state index is 0.00655. The number of rotatable bonds is 8. The van der Waals surface area contributed by atoms with E-state index in [1.54, 1.807) is 0 Å². The van der Waals surface area contributed by atoms with Gasteiger partial charge in [-0.25, -0.2) is 0 Å². The molecular formula is C22H28N2O2S. The van der Waals surface area contributed by atoms with E-state index in [1.165, 1.54) is 11.8 Å². The Balaban J connectivity index is 2.05. The van der Waals surface area contributed by atoms with Crippen molar-refractivity contribution in [3.05, 3.63) is 53.6 Å². The number of thioether (sulfide) groups is 1. The van der Waals surface area contributed by atoms with Gasteiger partial charge in [0.1, 0.15) is 0 Å². The maximum absolute atomic E-state index is 12.7. The molecule has 1 atom stereocenters. The van der Waals surface area contributed by atoms with E-state index in [9.17, 15) is 9.59 Å². The lowest BCUT2D eigenvalue weighted by Crippen LogP contribution is -2.24. The molecule has 0 saturated carbocycles. The van der Waals surface area contributed by atoms with Gasteiger partial charge >= 0.3 is 0 Å². The quantitative estimate of drug-likeness (QED) is 0.587. The number of carbonyl (C=O) groups excluding carboxylic acids is 2. The van der Waals surface area contributed by atoms with Gasteiger partial charge in [0.2, 0.25) is 11.8 Å². The Morgan fingerprint density at radius 2 is 1.67 bits per heavy atom. The van der Waals surface area contributed by atoms with Crippen molar-refractivity contribution in [3.8, 4) is 0 Å². The third kappa shape index (κ3) is 6.75. The van der Waals surface area contributed by atoms with Gasteiger partial charge in [0.05, 0.1) is 5.25 Å². The SMILES string of the molecule is CCCC(=O)Nc1cccc(SC(CC)C(=O)Nc2cc(C)cc(C)c2)c1. The standard InChI is InChI=1S/C22H28N2O2S/c1-5-8-21(25)23-17-9-7-10-19(14-17)27-20(6-2)22(26)24-18-12-15(3)11-16(4)13-18/h7,9-14,20H,5-6,8H2,1-4H3,(H,23,25)(H,24,26). The minimum atomic E-state index is -0.201. The Labute approximate surface area is 166 Å². The van der Waals surface area contributed by atoms with Gasteiger partial charge in [-0.1, -0.05) is 26.0 Å². The number of anilines is 2. The molecular weight excluding hydrogens is 356 g/mol. The number of hydrogen-bond acceptors (Lipinski definition) is 3. The molecule has 0 radical (unpaired) electrons. The van der Waals surface area contributed by atoms with Crippen LogP contribution in [0.15, 0.2) is 47.4 Å². The van der Waals surface area contributed by atoms with Crippen molar-refractivity contribution in [3.63, 3.8) is 0 Å². The van der Waals surface area contributed by atoms with Crippen molar-refractivity contribution in [1.29, 1.82) is 0 Å². The van der Waals surface area contributed by atoms with E-state index in [0.29, 0.717) is 12.8 Å². The highest BCUT2D eigenvalue weighted by Gasteiger charge is 2.18. The van der Waals surface area contributed by atoms with E-state index in [4.69, 9.17) is 0 Å². The molecule has 5 heteroatoms. The van der Waals surface area contributed by atoms with Crippen LogP contribution in [0, 0.1) is 13.8 Å². The molecule has 2 aromatic carbocycles. The number of benzene rings is 2. The van der Waals surface area contributed by atoms with Crippen LogP contribution in [-0.2, 0) is 9.59 Å². The first-order valence-electron chi connectivity index (χ1n) is 9.37. The normalized spacial score (nSPS) is 11.7. The summed E-state index contributed by atoms with van der Waals surface area (Å²) in [5, 5.41) is 5.73. The summed E-state index contributed by atoms with van der Waals surface area (Å²) >= 11 is 1.52. The number of hydrogen-bond donors (Lipinski definition) is 2. The molecule has 0 saturated heterocycles. The molecule has 2 amide bonds. The van der Waals surface area contributed by atoms with Crippen LogP contribution >= 0.6 is 11.8 Å². The molecule has 0 fully saturated rings. The molecule has 0 aliphatic rings. The second kappa shape index (κ2) is 10.2. The minimum Gasteiger partial charge on any atom is -0.326 e. The van der Waals surface area contributed by atoms with E-state index in [-0.39, 0.29) is 17.1 Å². The van der Waals surface area contributed by atoms with Gasteiger partial charge in [-0.2, -0.15) is 0 Å². The highest BCUT2D eigenvalue weighted by atomic mass is 32.2. The lowest BCUT2D eigenvalue weighted by atomic mass is 10.1. The van der Waals surface area contributed by atoms with Gasteiger partial charge in [-0.15, -0.1) is 11.8 Å². The van der Waals surface area contributed by atoms with Crippen molar-refractivity contribution in [2.45, 2.75) is 57.1 Å². The summed E-state index contributed by atoms with van der Waals surface area (Å²) in [6.45, 7) is 8.03. The fraction of sp³-hybridized carbons (Fsp3) is 0.364. The molecule has 0 spiro atoms. The molecule has 0 aliphatic heterocycles. The van der Waals surface area contributed by atoms with Crippen LogP contribution in [0.5, 0.6) is 0 Å². The summed E-state index contributed by atoms with van der Waals surface area (Å²) in [6.07, 6.45) is 2.04. The predicted molar refractivity (Wildman–Crippen MR) is 114 cm³/mol. The van der Waals surface area contributed by atoms with Gasteiger partial charge in [0.15, 0.2) is 0 Å². The smallest absolute Gasteiger partial charge is 0.237 e.